The van der Waals surface area contributed by atoms with E-state index < -0.39 is 18.0 Å². The van der Waals surface area contributed by atoms with Crippen LogP contribution in [0.2, 0.25) is 5.02 Å². The average molecular weight is 433 g/mol. The first-order chi connectivity index (χ1) is 14.5. The van der Waals surface area contributed by atoms with E-state index in [2.05, 4.69) is 10.6 Å². The number of amides is 2. The maximum Gasteiger partial charge on any atom is 0.338 e. The van der Waals surface area contributed by atoms with Gasteiger partial charge in [0.05, 0.1) is 38.6 Å². The summed E-state index contributed by atoms with van der Waals surface area (Å²) in [4.78, 5) is 24.9. The molecule has 158 valence electrons. The quantitative estimate of drug-likeness (QED) is 0.652. The molecule has 3 rings (SSSR count). The fourth-order valence-electron chi connectivity index (χ4n) is 3.05. The van der Waals surface area contributed by atoms with Gasteiger partial charge >= 0.3 is 12.0 Å². The van der Waals surface area contributed by atoms with Crippen LogP contribution in [0.25, 0.3) is 0 Å². The number of hydrogen-bond acceptors (Lipinski definition) is 6. The molecular formula is C21H21ClN2O6. The van der Waals surface area contributed by atoms with Gasteiger partial charge in [0.25, 0.3) is 0 Å². The van der Waals surface area contributed by atoms with Crippen molar-refractivity contribution in [3.63, 3.8) is 0 Å². The van der Waals surface area contributed by atoms with Crippen LogP contribution in [0.15, 0.2) is 53.7 Å². The predicted molar refractivity (Wildman–Crippen MR) is 110 cm³/mol. The van der Waals surface area contributed by atoms with E-state index in [1.807, 2.05) is 0 Å². The highest BCUT2D eigenvalue weighted by Gasteiger charge is 2.34. The molecule has 0 radical (unpaired) electrons. The maximum atomic E-state index is 12.6. The van der Waals surface area contributed by atoms with Crippen molar-refractivity contribution in [2.45, 2.75) is 6.04 Å². The van der Waals surface area contributed by atoms with E-state index >= 15 is 0 Å². The van der Waals surface area contributed by atoms with Crippen molar-refractivity contribution < 1.29 is 28.5 Å². The number of urea groups is 1. The van der Waals surface area contributed by atoms with Crippen LogP contribution in [0, 0.1) is 0 Å². The van der Waals surface area contributed by atoms with Crippen molar-refractivity contribution in [1.82, 2.24) is 10.6 Å². The summed E-state index contributed by atoms with van der Waals surface area (Å²) in [6.07, 6.45) is 0. The van der Waals surface area contributed by atoms with E-state index in [-0.39, 0.29) is 12.2 Å². The second kappa shape index (κ2) is 9.41. The molecule has 0 spiro atoms. The molecule has 2 aromatic rings. The zero-order valence-corrected chi connectivity index (χ0v) is 17.4. The summed E-state index contributed by atoms with van der Waals surface area (Å²) < 4.78 is 21.3. The van der Waals surface area contributed by atoms with Crippen molar-refractivity contribution in [3.05, 3.63) is 64.3 Å². The highest BCUT2D eigenvalue weighted by atomic mass is 35.5. The molecule has 0 saturated heterocycles. The Bertz CT molecular complexity index is 974. The fourth-order valence-corrected chi connectivity index (χ4v) is 3.18. The van der Waals surface area contributed by atoms with Crippen LogP contribution < -0.4 is 24.8 Å². The number of methoxy groups -OCH3 is 3. The van der Waals surface area contributed by atoms with Crippen LogP contribution in [-0.2, 0) is 9.53 Å². The third-order valence-corrected chi connectivity index (χ3v) is 4.75. The Morgan fingerprint density at radius 2 is 1.73 bits per heavy atom. The lowest BCUT2D eigenvalue weighted by Crippen LogP contribution is -2.47. The van der Waals surface area contributed by atoms with E-state index in [1.165, 1.54) is 21.3 Å². The predicted octanol–water partition coefficient (Wildman–Crippen LogP) is 3.22. The second-order valence-electron chi connectivity index (χ2n) is 6.27. The van der Waals surface area contributed by atoms with E-state index in [0.29, 0.717) is 33.5 Å². The Hall–Kier alpha value is -3.39. The first-order valence-corrected chi connectivity index (χ1v) is 9.33. The van der Waals surface area contributed by atoms with Crippen LogP contribution in [0.5, 0.6) is 17.2 Å². The van der Waals surface area contributed by atoms with Gasteiger partial charge in [-0.3, -0.25) is 0 Å². The molecule has 30 heavy (non-hydrogen) atoms. The van der Waals surface area contributed by atoms with E-state index in [9.17, 15) is 9.59 Å². The number of ether oxygens (including phenoxy) is 4. The molecule has 0 bridgehead atoms. The third-order valence-electron chi connectivity index (χ3n) is 4.50. The van der Waals surface area contributed by atoms with Crippen LogP contribution in [-0.4, -0.2) is 39.9 Å². The lowest BCUT2D eigenvalue weighted by atomic mass is 9.95. The molecule has 2 aromatic carbocycles. The number of hydrogen-bond donors (Lipinski definition) is 2. The van der Waals surface area contributed by atoms with Crippen LogP contribution >= 0.6 is 11.6 Å². The molecule has 9 heteroatoms. The number of carbonyl (C=O) groups excluding carboxylic acids is 2. The molecule has 0 aromatic heterocycles. The van der Waals surface area contributed by atoms with Crippen molar-refractivity contribution in [3.8, 4) is 17.2 Å². The second-order valence-corrected chi connectivity index (χ2v) is 6.71. The van der Waals surface area contributed by atoms with Crippen LogP contribution in [0.3, 0.4) is 0 Å². The smallest absolute Gasteiger partial charge is 0.338 e. The Kier molecular flexibility index (Phi) is 6.68. The summed E-state index contributed by atoms with van der Waals surface area (Å²) in [5.41, 5.74) is 1.13. The van der Waals surface area contributed by atoms with Gasteiger partial charge < -0.3 is 29.6 Å². The molecule has 8 nitrogen and oxygen atoms in total. The lowest BCUT2D eigenvalue weighted by Gasteiger charge is -2.29. The Balaban J connectivity index is 1.98. The molecule has 1 heterocycles. The molecule has 2 N–H and O–H groups in total. The third kappa shape index (κ3) is 4.60. The highest BCUT2D eigenvalue weighted by Crippen LogP contribution is 2.34. The summed E-state index contributed by atoms with van der Waals surface area (Å²) >= 11 is 5.89. The number of carbonyl (C=O) groups is 2. The van der Waals surface area contributed by atoms with Crippen LogP contribution in [0.4, 0.5) is 4.79 Å². The van der Waals surface area contributed by atoms with Gasteiger partial charge in [-0.1, -0.05) is 17.7 Å². The molecule has 1 atom stereocenters. The van der Waals surface area contributed by atoms with Crippen molar-refractivity contribution in [1.29, 1.82) is 0 Å². The number of halogens is 1. The van der Waals surface area contributed by atoms with Gasteiger partial charge in [-0.2, -0.15) is 0 Å². The summed E-state index contributed by atoms with van der Waals surface area (Å²) in [5.74, 6) is 0.922. The normalized spacial score (nSPS) is 15.7. The van der Waals surface area contributed by atoms with Gasteiger partial charge in [0.1, 0.15) is 12.4 Å². The van der Waals surface area contributed by atoms with E-state index in [0.717, 1.165) is 0 Å². The minimum atomic E-state index is -0.769. The first-order valence-electron chi connectivity index (χ1n) is 8.96. The Labute approximate surface area is 178 Å². The number of nitrogens with one attached hydrogen (secondary N) is 2. The van der Waals surface area contributed by atoms with Crippen LogP contribution in [0.1, 0.15) is 11.6 Å². The fraction of sp³-hybridized carbons (Fsp3) is 0.238. The van der Waals surface area contributed by atoms with Gasteiger partial charge in [-0.25, -0.2) is 9.59 Å². The minimum Gasteiger partial charge on any atom is -0.493 e. The van der Waals surface area contributed by atoms with Gasteiger partial charge in [0.2, 0.25) is 0 Å². The summed E-state index contributed by atoms with van der Waals surface area (Å²) in [6.45, 7) is -0.0523. The molecule has 0 fully saturated rings. The average Bonchev–Trinajstić information content (AvgIpc) is 2.77. The lowest BCUT2D eigenvalue weighted by molar-refractivity contribution is -0.136. The van der Waals surface area contributed by atoms with Gasteiger partial charge in [-0.15, -0.1) is 0 Å². The molecule has 1 aliphatic rings. The highest BCUT2D eigenvalue weighted by molar-refractivity contribution is 6.30. The number of rotatable bonds is 7. The van der Waals surface area contributed by atoms with Gasteiger partial charge in [-0.05, 0) is 42.0 Å². The largest absolute Gasteiger partial charge is 0.493 e. The molecular weight excluding hydrogens is 412 g/mol. The SMILES string of the molecule is COC(=O)C1=C(COc2ccc(Cl)cc2)NC(=O)N[C@@H]1c1ccc(OC)c(OC)c1. The Morgan fingerprint density at radius 3 is 2.37 bits per heavy atom. The summed E-state index contributed by atoms with van der Waals surface area (Å²) in [7, 11) is 4.30. The van der Waals surface area contributed by atoms with E-state index in [1.54, 1.807) is 42.5 Å². The maximum absolute atomic E-state index is 12.6. The Morgan fingerprint density at radius 1 is 1.03 bits per heavy atom. The zero-order chi connectivity index (χ0) is 21.7. The summed E-state index contributed by atoms with van der Waals surface area (Å²) in [5, 5.41) is 5.95. The van der Waals surface area contributed by atoms with Crippen molar-refractivity contribution >= 4 is 23.6 Å². The van der Waals surface area contributed by atoms with Gasteiger partial charge in [0, 0.05) is 5.02 Å². The molecule has 0 unspecified atom stereocenters. The first kappa shape index (κ1) is 21.3. The monoisotopic (exact) mass is 432 g/mol. The summed E-state index contributed by atoms with van der Waals surface area (Å²) in [6, 6.07) is 10.6. The topological polar surface area (TPSA) is 95.1 Å². The standard InChI is InChI=1S/C21H21ClN2O6/c1-27-16-9-4-12(10-17(16)28-2)19-18(20(25)29-3)15(23-21(26)24-19)11-30-14-7-5-13(22)6-8-14/h4-10,19H,11H2,1-3H3,(H2,23,24,26)/t19-/m1/s1. The molecule has 0 aliphatic carbocycles. The number of esters is 1. The van der Waals surface area contributed by atoms with Gasteiger partial charge in [0.15, 0.2) is 11.5 Å². The zero-order valence-electron chi connectivity index (χ0n) is 16.7. The molecule has 1 aliphatic heterocycles. The molecule has 2 amide bonds. The minimum absolute atomic E-state index is 0.0523. The number of benzene rings is 2. The van der Waals surface area contributed by atoms with Crippen molar-refractivity contribution in [2.24, 2.45) is 0 Å². The van der Waals surface area contributed by atoms with Crippen molar-refractivity contribution in [2.75, 3.05) is 27.9 Å². The van der Waals surface area contributed by atoms with E-state index in [4.69, 9.17) is 30.5 Å². The molecule has 0 saturated carbocycles.